The Morgan fingerprint density at radius 3 is 2.79 bits per heavy atom. The Balaban J connectivity index is 1.28. The predicted octanol–water partition coefficient (Wildman–Crippen LogP) is 7.65. The highest BCUT2D eigenvalue weighted by Gasteiger charge is 2.19. The van der Waals surface area contributed by atoms with Gasteiger partial charge in [-0.15, -0.1) is 0 Å². The second-order valence-corrected chi connectivity index (χ2v) is 11.8. The van der Waals surface area contributed by atoms with E-state index < -0.39 is 5.54 Å². The minimum Gasteiger partial charge on any atom is -0.456 e. The van der Waals surface area contributed by atoms with E-state index in [1.54, 1.807) is 20.2 Å². The molecule has 2 aliphatic rings. The largest absolute Gasteiger partial charge is 0.456 e. The number of ether oxygens (including phenoxy) is 1. The van der Waals surface area contributed by atoms with E-state index in [9.17, 15) is 5.26 Å². The average molecular weight is 584 g/mol. The van der Waals surface area contributed by atoms with E-state index in [-0.39, 0.29) is 0 Å². The molecule has 0 saturated heterocycles. The molecule has 3 aromatic rings. The molecule has 0 spiro atoms. The quantitative estimate of drug-likeness (QED) is 0.193. The highest BCUT2D eigenvalue weighted by Crippen LogP contribution is 2.35. The molecule has 0 amide bonds. The monoisotopic (exact) mass is 583 g/mol. The lowest BCUT2D eigenvalue weighted by Gasteiger charge is -2.23. The van der Waals surface area contributed by atoms with Gasteiger partial charge in [-0.1, -0.05) is 55.1 Å². The Hall–Kier alpha value is -4.06. The Morgan fingerprint density at radius 2 is 2.00 bits per heavy atom. The molecule has 4 N–H and O–H groups in total. The van der Waals surface area contributed by atoms with E-state index in [1.165, 1.54) is 37.7 Å². The van der Waals surface area contributed by atoms with Crippen molar-refractivity contribution in [3.63, 3.8) is 0 Å². The molecule has 9 heteroatoms. The number of fused-ring (bicyclic) bond motifs is 1. The van der Waals surface area contributed by atoms with Crippen LogP contribution in [-0.2, 0) is 0 Å². The van der Waals surface area contributed by atoms with E-state index in [4.69, 9.17) is 16.3 Å². The van der Waals surface area contributed by atoms with Crippen molar-refractivity contribution in [2.24, 2.45) is 0 Å². The average Bonchev–Trinajstić information content (AvgIpc) is 3.21. The predicted molar refractivity (Wildman–Crippen MR) is 171 cm³/mol. The van der Waals surface area contributed by atoms with Crippen molar-refractivity contribution < 1.29 is 4.74 Å². The Morgan fingerprint density at radius 1 is 1.17 bits per heavy atom. The van der Waals surface area contributed by atoms with Crippen LogP contribution in [-0.4, -0.2) is 34.6 Å². The molecule has 8 nitrogen and oxygen atoms in total. The summed E-state index contributed by atoms with van der Waals surface area (Å²) in [4.78, 5) is 9.04. The first-order valence-corrected chi connectivity index (χ1v) is 14.9. The molecule has 1 aromatic heterocycles. The van der Waals surface area contributed by atoms with Crippen LogP contribution in [0.4, 0.5) is 17.3 Å². The van der Waals surface area contributed by atoms with Gasteiger partial charge in [0.05, 0.1) is 16.7 Å². The molecule has 0 unspecified atom stereocenters. The van der Waals surface area contributed by atoms with Crippen LogP contribution < -0.4 is 26.0 Å². The van der Waals surface area contributed by atoms with Crippen LogP contribution in [0.1, 0.15) is 63.5 Å². The van der Waals surface area contributed by atoms with Crippen LogP contribution >= 0.6 is 11.6 Å². The van der Waals surface area contributed by atoms with Crippen LogP contribution in [0, 0.1) is 11.3 Å². The number of nitrogens with one attached hydrogen (secondary N) is 4. The number of nitriles is 1. The molecule has 2 heterocycles. The molecular formula is C33H38ClN7O. The number of aromatic nitrogens is 2. The number of hydrogen-bond acceptors (Lipinski definition) is 8. The summed E-state index contributed by atoms with van der Waals surface area (Å²) < 4.78 is 6.11. The third-order valence-corrected chi connectivity index (χ3v) is 7.84. The van der Waals surface area contributed by atoms with Crippen molar-refractivity contribution in [1.82, 2.24) is 20.6 Å². The SMILES string of the molecule is C=C(NC(C)(C)C#N)c1cccc(Oc2ccc(Nc3ncnc4c3C=C(CNC3CCCCC3)CCN4)cc2Cl)c1. The summed E-state index contributed by atoms with van der Waals surface area (Å²) in [7, 11) is 0. The highest BCUT2D eigenvalue weighted by atomic mass is 35.5. The van der Waals surface area contributed by atoms with Crippen molar-refractivity contribution in [2.75, 3.05) is 23.7 Å². The zero-order valence-electron chi connectivity index (χ0n) is 24.3. The van der Waals surface area contributed by atoms with Gasteiger partial charge in [0.25, 0.3) is 0 Å². The zero-order chi connectivity index (χ0) is 29.5. The number of nitrogens with zero attached hydrogens (tertiary/aromatic N) is 3. The third kappa shape index (κ3) is 7.61. The molecule has 0 bridgehead atoms. The zero-order valence-corrected chi connectivity index (χ0v) is 25.0. The molecule has 1 fully saturated rings. The number of benzene rings is 2. The van der Waals surface area contributed by atoms with Crippen LogP contribution in [0.2, 0.25) is 5.02 Å². The lowest BCUT2D eigenvalue weighted by Crippen LogP contribution is -2.35. The van der Waals surface area contributed by atoms with E-state index in [0.29, 0.717) is 34.1 Å². The maximum absolute atomic E-state index is 9.32. The number of hydrogen-bond donors (Lipinski definition) is 4. The number of anilines is 3. The fraction of sp³-hybridized carbons (Fsp3) is 0.364. The van der Waals surface area contributed by atoms with Crippen molar-refractivity contribution in [3.05, 3.63) is 77.1 Å². The fourth-order valence-corrected chi connectivity index (χ4v) is 5.48. The van der Waals surface area contributed by atoms with Crippen molar-refractivity contribution >= 4 is 40.7 Å². The minimum atomic E-state index is -0.735. The number of rotatable bonds is 10. The third-order valence-electron chi connectivity index (χ3n) is 7.54. The van der Waals surface area contributed by atoms with Gasteiger partial charge in [-0.2, -0.15) is 5.26 Å². The molecule has 5 rings (SSSR count). The van der Waals surface area contributed by atoms with Crippen molar-refractivity contribution in [1.29, 1.82) is 5.26 Å². The van der Waals surface area contributed by atoms with Crippen LogP contribution in [0.3, 0.4) is 0 Å². The first-order valence-electron chi connectivity index (χ1n) is 14.5. The summed E-state index contributed by atoms with van der Waals surface area (Å²) in [5.74, 6) is 2.67. The molecule has 1 aliphatic heterocycles. The standard InChI is InChI=1S/C33H38ClN7O/c1-22(41-33(2,3)20-35)24-8-7-11-27(17-24)42-30-13-12-26(18-29(30)34)40-32-28-16-23(14-15-36-31(28)38-21-39-32)19-37-25-9-5-4-6-10-25/h7-8,11-13,16-18,21,25,37,41H,1,4-6,9-10,14-15,19H2,2-3H3,(H2,36,38,39,40). The highest BCUT2D eigenvalue weighted by molar-refractivity contribution is 6.32. The maximum Gasteiger partial charge on any atom is 0.146 e. The van der Waals surface area contributed by atoms with E-state index >= 15 is 0 Å². The van der Waals surface area contributed by atoms with E-state index in [2.05, 4.69) is 50.0 Å². The molecule has 42 heavy (non-hydrogen) atoms. The molecule has 0 radical (unpaired) electrons. The summed E-state index contributed by atoms with van der Waals surface area (Å²) in [5.41, 5.74) is 3.79. The molecule has 218 valence electrons. The summed E-state index contributed by atoms with van der Waals surface area (Å²) in [6.07, 6.45) is 11.2. The smallest absolute Gasteiger partial charge is 0.146 e. The Bertz CT molecular complexity index is 1500. The summed E-state index contributed by atoms with van der Waals surface area (Å²) in [5, 5.41) is 23.6. The van der Waals surface area contributed by atoms with Crippen molar-refractivity contribution in [2.45, 2.75) is 64.0 Å². The minimum absolute atomic E-state index is 0.458. The van der Waals surface area contributed by atoms with Crippen LogP contribution in [0.15, 0.2) is 60.9 Å². The summed E-state index contributed by atoms with van der Waals surface area (Å²) in [6.45, 7) is 9.38. The van der Waals surface area contributed by atoms with Crippen LogP contribution in [0.5, 0.6) is 11.5 Å². The normalized spacial score (nSPS) is 15.3. The van der Waals surface area contributed by atoms with Gasteiger partial charge in [0.1, 0.15) is 35.0 Å². The van der Waals surface area contributed by atoms with Gasteiger partial charge in [0.2, 0.25) is 0 Å². The van der Waals surface area contributed by atoms with Crippen molar-refractivity contribution in [3.8, 4) is 17.6 Å². The molecule has 2 aromatic carbocycles. The Labute approximate surface area is 253 Å². The maximum atomic E-state index is 9.32. The van der Waals surface area contributed by atoms with Gasteiger partial charge in [-0.3, -0.25) is 0 Å². The summed E-state index contributed by atoms with van der Waals surface area (Å²) in [6, 6.07) is 15.9. The molecular weight excluding hydrogens is 546 g/mol. The number of halogens is 1. The van der Waals surface area contributed by atoms with Gasteiger partial charge >= 0.3 is 0 Å². The van der Waals surface area contributed by atoms with E-state index in [0.717, 1.165) is 42.1 Å². The lowest BCUT2D eigenvalue weighted by molar-refractivity contribution is 0.382. The topological polar surface area (TPSA) is 107 Å². The van der Waals surface area contributed by atoms with Crippen LogP contribution in [0.25, 0.3) is 11.8 Å². The summed E-state index contributed by atoms with van der Waals surface area (Å²) >= 11 is 6.67. The Kier molecular flexibility index (Phi) is 9.31. The van der Waals surface area contributed by atoms with Gasteiger partial charge in [-0.25, -0.2) is 9.97 Å². The second kappa shape index (κ2) is 13.3. The lowest BCUT2D eigenvalue weighted by atomic mass is 9.95. The first kappa shape index (κ1) is 29.4. The van der Waals surface area contributed by atoms with Gasteiger partial charge in [0.15, 0.2) is 0 Å². The molecule has 1 aliphatic carbocycles. The van der Waals surface area contributed by atoms with Gasteiger partial charge < -0.3 is 26.0 Å². The molecule has 1 saturated carbocycles. The van der Waals surface area contributed by atoms with E-state index in [1.807, 2.05) is 42.5 Å². The fourth-order valence-electron chi connectivity index (χ4n) is 5.26. The van der Waals surface area contributed by atoms with Gasteiger partial charge in [0, 0.05) is 36.1 Å². The molecule has 0 atom stereocenters. The first-order chi connectivity index (χ1) is 20.3. The van der Waals surface area contributed by atoms with Gasteiger partial charge in [-0.05, 0) is 69.5 Å². The second-order valence-electron chi connectivity index (χ2n) is 11.4.